The van der Waals surface area contributed by atoms with Gasteiger partial charge in [0.25, 0.3) is 0 Å². The summed E-state index contributed by atoms with van der Waals surface area (Å²) >= 11 is 8.58. The van der Waals surface area contributed by atoms with Crippen molar-refractivity contribution in [3.05, 3.63) is 64.0 Å². The van der Waals surface area contributed by atoms with E-state index in [0.29, 0.717) is 27.4 Å². The molecule has 0 spiro atoms. The smallest absolute Gasteiger partial charge is 0.341 e. The summed E-state index contributed by atoms with van der Waals surface area (Å²) in [6, 6.07) is 14.1. The van der Waals surface area contributed by atoms with Gasteiger partial charge in [-0.1, -0.05) is 41.7 Å². The van der Waals surface area contributed by atoms with Crippen molar-refractivity contribution in [3.8, 4) is 11.1 Å². The Morgan fingerprint density at radius 2 is 1.78 bits per heavy atom. The highest BCUT2D eigenvalue weighted by Gasteiger charge is 2.25. The molecule has 0 bridgehead atoms. The molecule has 4 aromatic rings. The number of thiophene rings is 1. The van der Waals surface area contributed by atoms with Crippen LogP contribution in [0.3, 0.4) is 0 Å². The van der Waals surface area contributed by atoms with Gasteiger partial charge < -0.3 is 15.4 Å². The average molecular weight is 482 g/mol. The first-order valence-electron chi connectivity index (χ1n) is 10.2. The fraction of sp³-hybridized carbons (Fsp3) is 0.208. The number of thiocarbonyl (C=S) groups is 1. The van der Waals surface area contributed by atoms with Gasteiger partial charge in [-0.2, -0.15) is 0 Å². The van der Waals surface area contributed by atoms with Gasteiger partial charge in [0.1, 0.15) is 10.6 Å². The monoisotopic (exact) mass is 481 g/mol. The van der Waals surface area contributed by atoms with Crippen molar-refractivity contribution in [1.82, 2.24) is 4.98 Å². The first-order chi connectivity index (χ1) is 15.4. The third-order valence-electron chi connectivity index (χ3n) is 5.08. The number of aryl methyl sites for hydroxylation is 3. The SMILES string of the molecule is CCOC(=O)c1c(NC(=S)Nc2nc3cc(C)c(C)cc3s2)sc(C)c1-c1ccccc1. The molecule has 8 heteroatoms. The van der Waals surface area contributed by atoms with E-state index < -0.39 is 0 Å². The Hall–Kier alpha value is -2.81. The minimum absolute atomic E-state index is 0.300. The summed E-state index contributed by atoms with van der Waals surface area (Å²) in [4.78, 5) is 18.5. The van der Waals surface area contributed by atoms with Crippen molar-refractivity contribution in [1.29, 1.82) is 0 Å². The molecule has 0 aliphatic heterocycles. The van der Waals surface area contributed by atoms with Crippen molar-refractivity contribution in [2.24, 2.45) is 0 Å². The minimum Gasteiger partial charge on any atom is -0.462 e. The molecule has 0 atom stereocenters. The molecule has 0 amide bonds. The first-order valence-corrected chi connectivity index (χ1v) is 12.2. The van der Waals surface area contributed by atoms with E-state index in [-0.39, 0.29) is 5.97 Å². The number of thiazole rings is 1. The van der Waals surface area contributed by atoms with E-state index in [4.69, 9.17) is 17.0 Å². The molecule has 0 saturated carbocycles. The Balaban J connectivity index is 1.63. The van der Waals surface area contributed by atoms with Crippen LogP contribution in [-0.2, 0) is 4.74 Å². The molecule has 0 radical (unpaired) electrons. The lowest BCUT2D eigenvalue weighted by atomic mass is 10.0. The number of ether oxygens (including phenoxy) is 1. The normalized spacial score (nSPS) is 10.9. The Bertz CT molecular complexity index is 1270. The summed E-state index contributed by atoms with van der Waals surface area (Å²) in [6.45, 7) is 8.27. The van der Waals surface area contributed by atoms with Crippen LogP contribution in [0.5, 0.6) is 0 Å². The summed E-state index contributed by atoms with van der Waals surface area (Å²) in [5, 5.41) is 8.11. The van der Waals surface area contributed by atoms with Crippen LogP contribution < -0.4 is 10.6 Å². The molecule has 32 heavy (non-hydrogen) atoms. The largest absolute Gasteiger partial charge is 0.462 e. The van der Waals surface area contributed by atoms with Gasteiger partial charge in [0.2, 0.25) is 0 Å². The maximum Gasteiger partial charge on any atom is 0.341 e. The van der Waals surface area contributed by atoms with E-state index in [2.05, 4.69) is 41.6 Å². The molecule has 0 saturated heterocycles. The second-order valence-electron chi connectivity index (χ2n) is 7.33. The fourth-order valence-corrected chi connectivity index (χ4v) is 5.79. The molecular formula is C24H23N3O2S3. The first kappa shape index (κ1) is 22.4. The molecule has 0 fully saturated rings. The van der Waals surface area contributed by atoms with Gasteiger partial charge in [-0.05, 0) is 68.7 Å². The van der Waals surface area contributed by atoms with Crippen LogP contribution in [0, 0.1) is 20.8 Å². The lowest BCUT2D eigenvalue weighted by Gasteiger charge is -2.10. The quantitative estimate of drug-likeness (QED) is 0.238. The van der Waals surface area contributed by atoms with Gasteiger partial charge in [0, 0.05) is 10.4 Å². The van der Waals surface area contributed by atoms with E-state index in [1.54, 1.807) is 18.3 Å². The standard InChI is InChI=1S/C24H23N3O2S3/c1-5-29-22(28)20-19(16-9-7-6-8-10-16)15(4)31-21(20)26-23(30)27-24-25-17-11-13(2)14(3)12-18(17)32-24/h6-12H,5H2,1-4H3,(H2,25,26,27,30). The maximum absolute atomic E-state index is 12.9. The van der Waals surface area contributed by atoms with Crippen LogP contribution >= 0.6 is 34.9 Å². The summed E-state index contributed by atoms with van der Waals surface area (Å²) in [5.41, 5.74) is 5.71. The van der Waals surface area contributed by atoms with Crippen molar-refractivity contribution in [3.63, 3.8) is 0 Å². The topological polar surface area (TPSA) is 63.2 Å². The van der Waals surface area contributed by atoms with Crippen LogP contribution in [0.4, 0.5) is 10.1 Å². The second kappa shape index (κ2) is 9.36. The number of fused-ring (bicyclic) bond motifs is 1. The Labute approximate surface area is 200 Å². The van der Waals surface area contributed by atoms with Crippen LogP contribution in [0.1, 0.15) is 33.3 Å². The Kier molecular flexibility index (Phi) is 6.55. The number of hydrogen-bond donors (Lipinski definition) is 2. The lowest BCUT2D eigenvalue weighted by Crippen LogP contribution is -2.20. The number of aromatic nitrogens is 1. The lowest BCUT2D eigenvalue weighted by molar-refractivity contribution is 0.0529. The molecule has 2 heterocycles. The van der Waals surface area contributed by atoms with E-state index in [1.165, 1.54) is 22.5 Å². The molecule has 5 nitrogen and oxygen atoms in total. The van der Waals surface area contributed by atoms with Crippen molar-refractivity contribution in [2.45, 2.75) is 27.7 Å². The molecule has 2 aromatic carbocycles. The van der Waals surface area contributed by atoms with Gasteiger partial charge in [-0.15, -0.1) is 11.3 Å². The van der Waals surface area contributed by atoms with Crippen LogP contribution in [0.25, 0.3) is 21.3 Å². The van der Waals surface area contributed by atoms with Gasteiger partial charge in [-0.3, -0.25) is 0 Å². The second-order valence-corrected chi connectivity index (χ2v) is 9.99. The highest BCUT2D eigenvalue weighted by Crippen LogP contribution is 2.40. The molecule has 4 rings (SSSR count). The molecular weight excluding hydrogens is 458 g/mol. The summed E-state index contributed by atoms with van der Waals surface area (Å²) in [7, 11) is 0. The average Bonchev–Trinajstić information content (AvgIpc) is 3.28. The predicted octanol–water partition coefficient (Wildman–Crippen LogP) is 6.94. The zero-order chi connectivity index (χ0) is 22.8. The van der Waals surface area contributed by atoms with Crippen molar-refractivity contribution < 1.29 is 9.53 Å². The maximum atomic E-state index is 12.9. The highest BCUT2D eigenvalue weighted by molar-refractivity contribution is 7.80. The molecule has 0 aliphatic carbocycles. The van der Waals surface area contributed by atoms with Crippen LogP contribution in [-0.4, -0.2) is 22.7 Å². The van der Waals surface area contributed by atoms with Crippen molar-refractivity contribution in [2.75, 3.05) is 17.2 Å². The molecule has 164 valence electrons. The van der Waals surface area contributed by atoms with Gasteiger partial charge in [0.15, 0.2) is 10.2 Å². The zero-order valence-electron chi connectivity index (χ0n) is 18.2. The summed E-state index contributed by atoms with van der Waals surface area (Å²) in [6.07, 6.45) is 0. The predicted molar refractivity (Wildman–Crippen MR) is 139 cm³/mol. The summed E-state index contributed by atoms with van der Waals surface area (Å²) < 4.78 is 6.46. The van der Waals surface area contributed by atoms with Crippen LogP contribution in [0.2, 0.25) is 0 Å². The number of carbonyl (C=O) groups excluding carboxylic acids is 1. The molecule has 2 N–H and O–H groups in total. The van der Waals surface area contributed by atoms with Crippen molar-refractivity contribution >= 4 is 66.3 Å². The third kappa shape index (κ3) is 4.53. The van der Waals surface area contributed by atoms with Crippen LogP contribution in [0.15, 0.2) is 42.5 Å². The van der Waals surface area contributed by atoms with Gasteiger partial charge >= 0.3 is 5.97 Å². The fourth-order valence-electron chi connectivity index (χ4n) is 3.45. The third-order valence-corrected chi connectivity index (χ3v) is 7.24. The number of hydrogen-bond acceptors (Lipinski definition) is 6. The number of carbonyl (C=O) groups is 1. The van der Waals surface area contributed by atoms with E-state index in [1.807, 2.05) is 37.3 Å². The number of anilines is 2. The highest BCUT2D eigenvalue weighted by atomic mass is 32.1. The zero-order valence-corrected chi connectivity index (χ0v) is 20.7. The van der Waals surface area contributed by atoms with E-state index in [9.17, 15) is 4.79 Å². The molecule has 0 aliphatic rings. The number of esters is 1. The van der Waals surface area contributed by atoms with E-state index >= 15 is 0 Å². The minimum atomic E-state index is -0.369. The van der Waals surface area contributed by atoms with E-state index in [0.717, 1.165) is 26.2 Å². The number of rotatable bonds is 5. The number of nitrogens with zero attached hydrogens (tertiary/aromatic N) is 1. The Morgan fingerprint density at radius 3 is 2.50 bits per heavy atom. The number of nitrogens with one attached hydrogen (secondary N) is 2. The molecule has 2 aromatic heterocycles. The number of benzene rings is 2. The Morgan fingerprint density at radius 1 is 1.06 bits per heavy atom. The van der Waals surface area contributed by atoms with Gasteiger partial charge in [0.05, 0.1) is 16.8 Å². The van der Waals surface area contributed by atoms with Gasteiger partial charge in [-0.25, -0.2) is 9.78 Å². The summed E-state index contributed by atoms with van der Waals surface area (Å²) in [5.74, 6) is -0.369. The molecule has 0 unspecified atom stereocenters.